The number of hydrogen-bond acceptors (Lipinski definition) is 7. The van der Waals surface area contributed by atoms with E-state index in [1.54, 1.807) is 12.1 Å². The van der Waals surface area contributed by atoms with Crippen LogP contribution in [0.2, 0.25) is 10.2 Å². The minimum Gasteiger partial charge on any atom is -0.508 e. The van der Waals surface area contributed by atoms with Crippen molar-refractivity contribution in [2.75, 3.05) is 0 Å². The molecule has 0 aliphatic rings. The highest BCUT2D eigenvalue weighted by Crippen LogP contribution is 2.22. The Bertz CT molecular complexity index is 1330. The molecular formula is C24H20Cl2N4O6. The molecule has 0 spiro atoms. The zero-order valence-electron chi connectivity index (χ0n) is 18.7. The number of carbonyl (C=O) groups is 4. The highest BCUT2D eigenvalue weighted by atomic mass is 35.5. The number of benzene rings is 2. The van der Waals surface area contributed by atoms with Gasteiger partial charge in [0.05, 0.1) is 16.1 Å². The van der Waals surface area contributed by atoms with Gasteiger partial charge in [0.2, 0.25) is 0 Å². The van der Waals surface area contributed by atoms with E-state index in [9.17, 15) is 29.4 Å². The Balaban J connectivity index is 1.84. The molecule has 0 saturated heterocycles. The number of aliphatic carboxylic acids is 1. The molecule has 36 heavy (non-hydrogen) atoms. The number of aromatic hydroxyl groups is 1. The van der Waals surface area contributed by atoms with Crippen LogP contribution in [-0.4, -0.2) is 49.9 Å². The van der Waals surface area contributed by atoms with Crippen molar-refractivity contribution in [3.8, 4) is 5.75 Å². The number of carbonyl (C=O) groups excluding carboxylic acids is 3. The smallest absolute Gasteiger partial charge is 0.322 e. The molecule has 10 nitrogen and oxygen atoms in total. The number of carboxylic acid groups (broad SMARTS) is 1. The molecule has 3 amide bonds. The minimum atomic E-state index is -1.32. The lowest BCUT2D eigenvalue weighted by Crippen LogP contribution is -2.53. The monoisotopic (exact) mass is 530 g/mol. The molecule has 4 N–H and O–H groups in total. The van der Waals surface area contributed by atoms with Gasteiger partial charge in [-0.15, -0.1) is 0 Å². The lowest BCUT2D eigenvalue weighted by atomic mass is 10.1. The SMILES string of the molecule is C[C@H](NN(C(=O)c1ccc(C(=O)NCc2cccc(O)c2)cc1Cl)C(=O)c1cccnc1Cl)C(=O)O. The molecule has 1 atom stereocenters. The molecule has 0 aliphatic carbocycles. The molecule has 0 saturated carbocycles. The first-order valence-electron chi connectivity index (χ1n) is 10.4. The fraction of sp³-hybridized carbons (Fsp3) is 0.125. The summed E-state index contributed by atoms with van der Waals surface area (Å²) in [5.74, 6) is -3.67. The summed E-state index contributed by atoms with van der Waals surface area (Å²) in [5.41, 5.74) is 2.83. The van der Waals surface area contributed by atoms with Crippen LogP contribution in [0.4, 0.5) is 0 Å². The number of hydrogen-bond donors (Lipinski definition) is 4. The Kier molecular flexibility index (Phi) is 8.59. The summed E-state index contributed by atoms with van der Waals surface area (Å²) < 4.78 is 0. The second kappa shape index (κ2) is 11.6. The van der Waals surface area contributed by atoms with E-state index in [0.29, 0.717) is 10.6 Å². The molecule has 3 aromatic rings. The zero-order valence-corrected chi connectivity index (χ0v) is 20.2. The largest absolute Gasteiger partial charge is 0.508 e. The van der Waals surface area contributed by atoms with Gasteiger partial charge in [-0.25, -0.2) is 15.4 Å². The van der Waals surface area contributed by atoms with Gasteiger partial charge in [-0.3, -0.25) is 19.2 Å². The van der Waals surface area contributed by atoms with Gasteiger partial charge in [0.25, 0.3) is 17.7 Å². The highest BCUT2D eigenvalue weighted by molar-refractivity contribution is 6.35. The summed E-state index contributed by atoms with van der Waals surface area (Å²) in [6.07, 6.45) is 1.35. The Labute approximate surface area is 215 Å². The van der Waals surface area contributed by atoms with Gasteiger partial charge in [-0.05, 0) is 55.0 Å². The third kappa shape index (κ3) is 6.36. The molecular weight excluding hydrogens is 511 g/mol. The van der Waals surface area contributed by atoms with Crippen LogP contribution in [0, 0.1) is 0 Å². The van der Waals surface area contributed by atoms with Crippen LogP contribution in [0.3, 0.4) is 0 Å². The fourth-order valence-electron chi connectivity index (χ4n) is 3.03. The lowest BCUT2D eigenvalue weighted by Gasteiger charge is -2.24. The topological polar surface area (TPSA) is 149 Å². The van der Waals surface area contributed by atoms with Crippen LogP contribution in [0.15, 0.2) is 60.8 Å². The van der Waals surface area contributed by atoms with Gasteiger partial charge in [0.1, 0.15) is 16.9 Å². The first-order chi connectivity index (χ1) is 17.1. The zero-order chi connectivity index (χ0) is 26.4. The second-order valence-corrected chi connectivity index (χ2v) is 8.29. The van der Waals surface area contributed by atoms with Crippen LogP contribution in [0.1, 0.15) is 43.6 Å². The number of rotatable bonds is 8. The molecule has 3 rings (SSSR count). The maximum absolute atomic E-state index is 13.3. The number of hydrazine groups is 1. The first-order valence-corrected chi connectivity index (χ1v) is 11.2. The molecule has 2 aromatic carbocycles. The Hall–Kier alpha value is -3.99. The molecule has 1 heterocycles. The molecule has 0 bridgehead atoms. The normalized spacial score (nSPS) is 11.4. The average Bonchev–Trinajstić information content (AvgIpc) is 2.85. The molecule has 0 aliphatic heterocycles. The third-order valence-electron chi connectivity index (χ3n) is 4.91. The van der Waals surface area contributed by atoms with E-state index in [1.165, 1.54) is 55.6 Å². The Morgan fingerprint density at radius 2 is 1.72 bits per heavy atom. The molecule has 0 fully saturated rings. The van der Waals surface area contributed by atoms with Crippen molar-refractivity contribution in [1.82, 2.24) is 20.7 Å². The number of phenols is 1. The maximum Gasteiger partial charge on any atom is 0.322 e. The van der Waals surface area contributed by atoms with E-state index in [4.69, 9.17) is 23.2 Å². The van der Waals surface area contributed by atoms with E-state index in [-0.39, 0.29) is 39.2 Å². The number of halogens is 2. The first kappa shape index (κ1) is 26.6. The number of carboxylic acids is 1. The highest BCUT2D eigenvalue weighted by Gasteiger charge is 2.30. The average molecular weight is 531 g/mol. The quantitative estimate of drug-likeness (QED) is 0.197. The van der Waals surface area contributed by atoms with Crippen molar-refractivity contribution in [3.63, 3.8) is 0 Å². The van der Waals surface area contributed by atoms with Crippen molar-refractivity contribution in [2.24, 2.45) is 0 Å². The number of pyridine rings is 1. The van der Waals surface area contributed by atoms with Crippen molar-refractivity contribution in [2.45, 2.75) is 19.5 Å². The van der Waals surface area contributed by atoms with Crippen LogP contribution < -0.4 is 10.7 Å². The predicted molar refractivity (Wildman–Crippen MR) is 131 cm³/mol. The summed E-state index contributed by atoms with van der Waals surface area (Å²) >= 11 is 12.3. The lowest BCUT2D eigenvalue weighted by molar-refractivity contribution is -0.139. The molecule has 186 valence electrons. The van der Waals surface area contributed by atoms with Gasteiger partial charge in [0, 0.05) is 18.3 Å². The molecule has 1 aromatic heterocycles. The van der Waals surface area contributed by atoms with Crippen molar-refractivity contribution in [1.29, 1.82) is 0 Å². The minimum absolute atomic E-state index is 0.0603. The Morgan fingerprint density at radius 1 is 1.00 bits per heavy atom. The van der Waals surface area contributed by atoms with E-state index in [0.717, 1.165) is 0 Å². The van der Waals surface area contributed by atoms with Crippen molar-refractivity contribution >= 4 is 46.9 Å². The van der Waals surface area contributed by atoms with Crippen LogP contribution in [-0.2, 0) is 11.3 Å². The van der Waals surface area contributed by atoms with Crippen molar-refractivity contribution < 1.29 is 29.4 Å². The van der Waals surface area contributed by atoms with Gasteiger partial charge in [-0.2, -0.15) is 0 Å². The second-order valence-electron chi connectivity index (χ2n) is 7.52. The van der Waals surface area contributed by atoms with Gasteiger partial charge >= 0.3 is 5.97 Å². The number of amides is 3. The van der Waals surface area contributed by atoms with Crippen LogP contribution >= 0.6 is 23.2 Å². The number of imide groups is 1. The predicted octanol–water partition coefficient (Wildman–Crippen LogP) is 3.28. The molecule has 0 radical (unpaired) electrons. The van der Waals surface area contributed by atoms with E-state index >= 15 is 0 Å². The Morgan fingerprint density at radius 3 is 2.36 bits per heavy atom. The standard InChI is InChI=1S/C24H20Cl2N4O6/c1-13(24(35)36)29-30(23(34)18-6-3-9-27-20(18)26)22(33)17-8-7-15(11-19(17)25)21(32)28-12-14-4-2-5-16(31)10-14/h2-11,13,29,31H,12H2,1H3,(H,28,32)(H,35,36)/t13-/m0/s1. The molecule has 0 unspecified atom stereocenters. The molecule has 12 heteroatoms. The summed E-state index contributed by atoms with van der Waals surface area (Å²) in [7, 11) is 0. The van der Waals surface area contributed by atoms with Gasteiger partial charge in [0.15, 0.2) is 0 Å². The van der Waals surface area contributed by atoms with Gasteiger partial charge in [-0.1, -0.05) is 35.3 Å². The van der Waals surface area contributed by atoms with E-state index in [1.807, 2.05) is 0 Å². The number of aromatic nitrogens is 1. The number of nitrogens with one attached hydrogen (secondary N) is 2. The maximum atomic E-state index is 13.3. The summed E-state index contributed by atoms with van der Waals surface area (Å²) in [6.45, 7) is 1.37. The van der Waals surface area contributed by atoms with Crippen molar-refractivity contribution in [3.05, 3.63) is 93.2 Å². The van der Waals surface area contributed by atoms with E-state index < -0.39 is 29.7 Å². The number of phenolic OH excluding ortho intramolecular Hbond substituents is 1. The summed E-state index contributed by atoms with van der Waals surface area (Å²) in [5, 5.41) is 21.6. The number of nitrogens with zero attached hydrogens (tertiary/aromatic N) is 2. The van der Waals surface area contributed by atoms with Crippen LogP contribution in [0.5, 0.6) is 5.75 Å². The third-order valence-corrected chi connectivity index (χ3v) is 5.53. The summed E-state index contributed by atoms with van der Waals surface area (Å²) in [4.78, 5) is 54.0. The fourth-order valence-corrected chi connectivity index (χ4v) is 3.49. The van der Waals surface area contributed by atoms with Crippen LogP contribution in [0.25, 0.3) is 0 Å². The summed E-state index contributed by atoms with van der Waals surface area (Å²) in [6, 6.07) is 11.6. The van der Waals surface area contributed by atoms with Gasteiger partial charge < -0.3 is 15.5 Å². The van der Waals surface area contributed by atoms with E-state index in [2.05, 4.69) is 15.7 Å².